The van der Waals surface area contributed by atoms with E-state index in [0.29, 0.717) is 17.2 Å². The predicted molar refractivity (Wildman–Crippen MR) is 91.2 cm³/mol. The molecule has 6 heteroatoms. The highest BCUT2D eigenvalue weighted by Gasteiger charge is 2.16. The number of Topliss-reactive ketones (excluding diaryl/α,β-unsaturated/α-hetero) is 1. The quantitative estimate of drug-likeness (QED) is 0.693. The first kappa shape index (κ1) is 16.6. The molecular weight excluding hydrogens is 372 g/mol. The molecule has 0 aliphatic carbocycles. The molecule has 0 atom stereocenters. The van der Waals surface area contributed by atoms with Crippen LogP contribution in [0.15, 0.2) is 33.6 Å². The van der Waals surface area contributed by atoms with Crippen LogP contribution in [-0.4, -0.2) is 21.3 Å². The summed E-state index contributed by atoms with van der Waals surface area (Å²) in [7, 11) is 1.83. The van der Waals surface area contributed by atoms with Crippen molar-refractivity contribution in [2.45, 2.75) is 24.7 Å². The highest BCUT2D eigenvalue weighted by Crippen LogP contribution is 2.28. The smallest absolute Gasteiger partial charge is 0.149 e. The molecule has 0 unspecified atom stereocenters. The zero-order chi connectivity index (χ0) is 15.4. The molecule has 0 aliphatic heterocycles. The van der Waals surface area contributed by atoms with Crippen molar-refractivity contribution in [1.29, 1.82) is 0 Å². The molecule has 0 saturated carbocycles. The van der Waals surface area contributed by atoms with Gasteiger partial charge in [-0.2, -0.15) is 5.10 Å². The molecule has 1 aromatic carbocycles. The van der Waals surface area contributed by atoms with Gasteiger partial charge >= 0.3 is 0 Å². The second kappa shape index (κ2) is 7.47. The van der Waals surface area contributed by atoms with Gasteiger partial charge in [0.2, 0.25) is 0 Å². The third-order valence-electron chi connectivity index (χ3n) is 3.09. The van der Waals surface area contributed by atoms with Crippen LogP contribution in [0.5, 0.6) is 0 Å². The van der Waals surface area contributed by atoms with Gasteiger partial charge in [-0.3, -0.25) is 9.48 Å². The van der Waals surface area contributed by atoms with Crippen LogP contribution in [0.3, 0.4) is 0 Å². The molecule has 0 radical (unpaired) electrons. The number of aromatic nitrogens is 2. The van der Waals surface area contributed by atoms with Crippen molar-refractivity contribution >= 4 is 45.1 Å². The van der Waals surface area contributed by atoms with E-state index in [1.165, 1.54) is 11.8 Å². The number of hydrogen-bond donors (Lipinski definition) is 0. The zero-order valence-electron chi connectivity index (χ0n) is 11.9. The van der Waals surface area contributed by atoms with Gasteiger partial charge in [0, 0.05) is 16.4 Å². The van der Waals surface area contributed by atoms with Crippen LogP contribution in [0.4, 0.5) is 0 Å². The third kappa shape index (κ3) is 4.11. The van der Waals surface area contributed by atoms with E-state index in [1.807, 2.05) is 38.2 Å². The molecule has 0 spiro atoms. The second-order valence-electron chi connectivity index (χ2n) is 4.62. The van der Waals surface area contributed by atoms with Crippen LogP contribution in [0, 0.1) is 0 Å². The van der Waals surface area contributed by atoms with Crippen molar-refractivity contribution < 1.29 is 4.79 Å². The molecule has 112 valence electrons. The molecule has 2 aromatic rings. The fourth-order valence-electron chi connectivity index (χ4n) is 1.97. The first-order chi connectivity index (χ1) is 10.0. The van der Waals surface area contributed by atoms with E-state index in [1.54, 1.807) is 4.68 Å². The highest BCUT2D eigenvalue weighted by molar-refractivity contribution is 9.10. The summed E-state index contributed by atoms with van der Waals surface area (Å²) >= 11 is 11.3. The standard InChI is InChI=1S/C15H16BrClN2OS/c1-3-12-15(17)13(19(2)18-12)8-10(20)9-21-14-7-5-4-6-11(14)16/h4-7H,3,8-9H2,1-2H3. The van der Waals surface area contributed by atoms with Crippen molar-refractivity contribution in [3.05, 3.63) is 45.1 Å². The summed E-state index contributed by atoms with van der Waals surface area (Å²) in [5.74, 6) is 0.564. The summed E-state index contributed by atoms with van der Waals surface area (Å²) in [6, 6.07) is 7.88. The molecule has 0 amide bonds. The number of halogens is 2. The molecular formula is C15H16BrClN2OS. The van der Waals surface area contributed by atoms with E-state index >= 15 is 0 Å². The van der Waals surface area contributed by atoms with Crippen LogP contribution >= 0.6 is 39.3 Å². The van der Waals surface area contributed by atoms with Gasteiger partial charge in [0.15, 0.2) is 0 Å². The summed E-state index contributed by atoms with van der Waals surface area (Å²) in [5.41, 5.74) is 1.65. The number of carbonyl (C=O) groups is 1. The van der Waals surface area contributed by atoms with Crippen LogP contribution in [0.2, 0.25) is 5.02 Å². The molecule has 21 heavy (non-hydrogen) atoms. The van der Waals surface area contributed by atoms with Crippen molar-refractivity contribution in [2.75, 3.05) is 5.75 Å². The Bertz CT molecular complexity index is 657. The second-order valence-corrected chi connectivity index (χ2v) is 6.87. The molecule has 3 nitrogen and oxygen atoms in total. The van der Waals surface area contributed by atoms with E-state index in [9.17, 15) is 4.79 Å². The van der Waals surface area contributed by atoms with Gasteiger partial charge in [-0.15, -0.1) is 11.8 Å². The Labute approximate surface area is 142 Å². The third-order valence-corrected chi connectivity index (χ3v) is 5.62. The van der Waals surface area contributed by atoms with E-state index in [4.69, 9.17) is 11.6 Å². The van der Waals surface area contributed by atoms with Crippen molar-refractivity contribution in [2.24, 2.45) is 7.05 Å². The lowest BCUT2D eigenvalue weighted by molar-refractivity contribution is -0.116. The molecule has 2 rings (SSSR count). The predicted octanol–water partition coefficient (Wildman–Crippen LogP) is 4.30. The molecule has 1 heterocycles. The Hall–Kier alpha value is -0.780. The summed E-state index contributed by atoms with van der Waals surface area (Å²) in [6.07, 6.45) is 1.09. The average molecular weight is 388 g/mol. The number of carbonyl (C=O) groups excluding carboxylic acids is 1. The molecule has 0 N–H and O–H groups in total. The Morgan fingerprint density at radius 3 is 2.76 bits per heavy atom. The summed E-state index contributed by atoms with van der Waals surface area (Å²) in [6.45, 7) is 2.00. The normalized spacial score (nSPS) is 10.9. The summed E-state index contributed by atoms with van der Waals surface area (Å²) in [5, 5.41) is 4.96. The van der Waals surface area contributed by atoms with Gasteiger partial charge in [0.05, 0.1) is 28.6 Å². The minimum atomic E-state index is 0.142. The van der Waals surface area contributed by atoms with E-state index in [-0.39, 0.29) is 5.78 Å². The molecule has 0 aliphatic rings. The maximum atomic E-state index is 12.2. The number of benzene rings is 1. The topological polar surface area (TPSA) is 34.9 Å². The number of ketones is 1. The first-order valence-corrected chi connectivity index (χ1v) is 8.77. The number of rotatable bonds is 6. The minimum absolute atomic E-state index is 0.142. The largest absolute Gasteiger partial charge is 0.298 e. The maximum absolute atomic E-state index is 12.2. The number of thioether (sulfide) groups is 1. The van der Waals surface area contributed by atoms with Gasteiger partial charge in [-0.1, -0.05) is 30.7 Å². The van der Waals surface area contributed by atoms with Gasteiger partial charge < -0.3 is 0 Å². The fourth-order valence-corrected chi connectivity index (χ4v) is 3.76. The van der Waals surface area contributed by atoms with Gasteiger partial charge in [-0.25, -0.2) is 0 Å². The molecule has 1 aromatic heterocycles. The van der Waals surface area contributed by atoms with Crippen molar-refractivity contribution in [3.63, 3.8) is 0 Å². The van der Waals surface area contributed by atoms with Gasteiger partial charge in [0.25, 0.3) is 0 Å². The number of nitrogens with zero attached hydrogens (tertiary/aromatic N) is 2. The summed E-state index contributed by atoms with van der Waals surface area (Å²) in [4.78, 5) is 13.2. The van der Waals surface area contributed by atoms with Gasteiger partial charge in [-0.05, 0) is 34.5 Å². The van der Waals surface area contributed by atoms with Crippen LogP contribution in [0.1, 0.15) is 18.3 Å². The monoisotopic (exact) mass is 386 g/mol. The Morgan fingerprint density at radius 1 is 1.43 bits per heavy atom. The Balaban J connectivity index is 2.00. The van der Waals surface area contributed by atoms with Gasteiger partial charge in [0.1, 0.15) is 5.78 Å². The number of hydrogen-bond acceptors (Lipinski definition) is 3. The lowest BCUT2D eigenvalue weighted by atomic mass is 10.2. The Morgan fingerprint density at radius 2 is 2.14 bits per heavy atom. The number of aryl methyl sites for hydroxylation is 2. The van der Waals surface area contributed by atoms with Crippen LogP contribution in [-0.2, 0) is 24.7 Å². The van der Waals surface area contributed by atoms with Crippen LogP contribution in [0.25, 0.3) is 0 Å². The van der Waals surface area contributed by atoms with Crippen LogP contribution < -0.4 is 0 Å². The maximum Gasteiger partial charge on any atom is 0.149 e. The van der Waals surface area contributed by atoms with E-state index in [2.05, 4.69) is 21.0 Å². The molecule has 0 fully saturated rings. The lowest BCUT2D eigenvalue weighted by Crippen LogP contribution is -2.10. The minimum Gasteiger partial charge on any atom is -0.298 e. The van der Waals surface area contributed by atoms with E-state index in [0.717, 1.165) is 27.2 Å². The first-order valence-electron chi connectivity index (χ1n) is 6.62. The SMILES string of the molecule is CCc1nn(C)c(CC(=O)CSc2ccccc2Br)c1Cl. The zero-order valence-corrected chi connectivity index (χ0v) is 15.1. The molecule has 0 bridgehead atoms. The van der Waals surface area contributed by atoms with Crippen molar-refractivity contribution in [3.8, 4) is 0 Å². The lowest BCUT2D eigenvalue weighted by Gasteiger charge is -2.04. The molecule has 0 saturated heterocycles. The van der Waals surface area contributed by atoms with E-state index < -0.39 is 0 Å². The van der Waals surface area contributed by atoms with Crippen molar-refractivity contribution in [1.82, 2.24) is 9.78 Å². The Kier molecular flexibility index (Phi) is 5.90. The highest BCUT2D eigenvalue weighted by atomic mass is 79.9. The fraction of sp³-hybridized carbons (Fsp3) is 0.333. The summed E-state index contributed by atoms with van der Waals surface area (Å²) < 4.78 is 2.72. The average Bonchev–Trinajstić information content (AvgIpc) is 2.74.